The standard InChI is InChI=1S/C21H22F6/c1-14(2)10-19(21(25,26)27)16(4)13-18(20(22,23)24)12-15(3)11-17-8-6-5-7-9-17/h5-10,12,16H,1,3,11,13H2,2,4H3/b18-12+,19-10+/t16-/m1/s1. The van der Waals surface area contributed by atoms with Gasteiger partial charge in [0.25, 0.3) is 0 Å². The minimum absolute atomic E-state index is 0.125. The van der Waals surface area contributed by atoms with Crippen LogP contribution in [0, 0.1) is 5.92 Å². The summed E-state index contributed by atoms with van der Waals surface area (Å²) in [6, 6.07) is 8.75. The van der Waals surface area contributed by atoms with Crippen LogP contribution in [-0.2, 0) is 6.42 Å². The minimum atomic E-state index is -4.74. The molecule has 0 nitrogen and oxygen atoms in total. The zero-order valence-electron chi connectivity index (χ0n) is 15.2. The zero-order chi connectivity index (χ0) is 20.8. The largest absolute Gasteiger partial charge is 0.412 e. The molecule has 0 radical (unpaired) electrons. The van der Waals surface area contributed by atoms with Crippen LogP contribution in [0.3, 0.4) is 0 Å². The molecule has 0 unspecified atom stereocenters. The Kier molecular flexibility index (Phi) is 7.69. The maximum Gasteiger partial charge on any atom is 0.412 e. The van der Waals surface area contributed by atoms with E-state index in [9.17, 15) is 26.3 Å². The summed E-state index contributed by atoms with van der Waals surface area (Å²) in [5.41, 5.74) is -0.989. The van der Waals surface area contributed by atoms with E-state index in [0.29, 0.717) is 0 Å². The summed E-state index contributed by atoms with van der Waals surface area (Å²) < 4.78 is 79.7. The lowest BCUT2D eigenvalue weighted by Gasteiger charge is -2.22. The average molecular weight is 388 g/mol. The van der Waals surface area contributed by atoms with Crippen molar-refractivity contribution in [3.63, 3.8) is 0 Å². The molecule has 0 saturated carbocycles. The van der Waals surface area contributed by atoms with E-state index in [0.717, 1.165) is 24.6 Å². The number of halogens is 6. The third-order valence-electron chi connectivity index (χ3n) is 3.80. The fourth-order valence-corrected chi connectivity index (χ4v) is 2.62. The van der Waals surface area contributed by atoms with Crippen LogP contribution >= 0.6 is 0 Å². The predicted octanol–water partition coefficient (Wildman–Crippen LogP) is 7.37. The molecule has 0 N–H and O–H groups in total. The summed E-state index contributed by atoms with van der Waals surface area (Å²) in [4.78, 5) is 0. The summed E-state index contributed by atoms with van der Waals surface area (Å²) >= 11 is 0. The normalized spacial score (nSPS) is 14.8. The summed E-state index contributed by atoms with van der Waals surface area (Å²) in [6.07, 6.45) is -8.45. The highest BCUT2D eigenvalue weighted by Crippen LogP contribution is 2.39. The molecule has 0 aliphatic heterocycles. The fraction of sp³-hybridized carbons (Fsp3) is 0.333. The van der Waals surface area contributed by atoms with Crippen LogP contribution in [0.4, 0.5) is 26.3 Å². The third kappa shape index (κ3) is 7.89. The molecule has 1 atom stereocenters. The van der Waals surface area contributed by atoms with Gasteiger partial charge in [0.15, 0.2) is 0 Å². The molecule has 6 heteroatoms. The molecule has 1 aromatic carbocycles. The Morgan fingerprint density at radius 1 is 0.963 bits per heavy atom. The van der Waals surface area contributed by atoms with Crippen LogP contribution in [0.5, 0.6) is 0 Å². The fourth-order valence-electron chi connectivity index (χ4n) is 2.62. The molecular formula is C21H22F6. The van der Waals surface area contributed by atoms with Gasteiger partial charge in [0.1, 0.15) is 0 Å². The van der Waals surface area contributed by atoms with Gasteiger partial charge in [-0.05, 0) is 31.2 Å². The number of benzene rings is 1. The average Bonchev–Trinajstić information content (AvgIpc) is 2.50. The van der Waals surface area contributed by atoms with Crippen molar-refractivity contribution in [2.75, 3.05) is 0 Å². The highest BCUT2D eigenvalue weighted by molar-refractivity contribution is 5.32. The lowest BCUT2D eigenvalue weighted by atomic mass is 9.90. The summed E-state index contributed by atoms with van der Waals surface area (Å²) in [7, 11) is 0. The SMILES string of the molecule is C=C(C)/C=C(\[C@H](C)C/C(=C\C(=C)Cc1ccccc1)C(F)(F)F)C(F)(F)F. The van der Waals surface area contributed by atoms with Gasteiger partial charge in [-0.1, -0.05) is 73.7 Å². The van der Waals surface area contributed by atoms with E-state index < -0.39 is 35.8 Å². The monoisotopic (exact) mass is 388 g/mol. The van der Waals surface area contributed by atoms with E-state index in [1.165, 1.54) is 6.92 Å². The number of hydrogen-bond acceptors (Lipinski definition) is 0. The van der Waals surface area contributed by atoms with E-state index in [4.69, 9.17) is 0 Å². The van der Waals surface area contributed by atoms with Crippen LogP contribution in [0.25, 0.3) is 0 Å². The maximum atomic E-state index is 13.4. The van der Waals surface area contributed by atoms with Crippen molar-refractivity contribution in [3.8, 4) is 0 Å². The van der Waals surface area contributed by atoms with Gasteiger partial charge in [-0.15, -0.1) is 0 Å². The second-order valence-electron chi connectivity index (χ2n) is 6.54. The van der Waals surface area contributed by atoms with Crippen LogP contribution in [-0.4, -0.2) is 12.4 Å². The second kappa shape index (κ2) is 9.11. The Labute approximate surface area is 155 Å². The Balaban J connectivity index is 3.10. The molecule has 0 spiro atoms. The molecule has 0 aromatic heterocycles. The van der Waals surface area contributed by atoms with Crippen LogP contribution in [0.2, 0.25) is 0 Å². The van der Waals surface area contributed by atoms with Crippen LogP contribution < -0.4 is 0 Å². The van der Waals surface area contributed by atoms with Gasteiger partial charge in [0.2, 0.25) is 0 Å². The van der Waals surface area contributed by atoms with Gasteiger partial charge in [-0.3, -0.25) is 0 Å². The number of rotatable bonds is 7. The lowest BCUT2D eigenvalue weighted by Crippen LogP contribution is -2.22. The first kappa shape index (κ1) is 22.8. The number of hydrogen-bond donors (Lipinski definition) is 0. The Morgan fingerprint density at radius 3 is 1.96 bits per heavy atom. The summed E-state index contributed by atoms with van der Waals surface area (Å²) in [5, 5.41) is 0. The smallest absolute Gasteiger partial charge is 0.166 e. The quantitative estimate of drug-likeness (QED) is 0.338. The van der Waals surface area contributed by atoms with Gasteiger partial charge >= 0.3 is 12.4 Å². The molecule has 148 valence electrons. The first-order chi connectivity index (χ1) is 12.3. The summed E-state index contributed by atoms with van der Waals surface area (Å²) in [5.74, 6) is -1.38. The molecule has 0 bridgehead atoms. The van der Waals surface area contributed by atoms with Crippen molar-refractivity contribution in [1.29, 1.82) is 0 Å². The first-order valence-electron chi connectivity index (χ1n) is 8.24. The highest BCUT2D eigenvalue weighted by Gasteiger charge is 2.40. The molecule has 1 aromatic rings. The van der Waals surface area contributed by atoms with Crippen molar-refractivity contribution in [2.45, 2.75) is 39.0 Å². The zero-order valence-corrected chi connectivity index (χ0v) is 15.2. The van der Waals surface area contributed by atoms with Crippen LogP contribution in [0.15, 0.2) is 77.9 Å². The Morgan fingerprint density at radius 2 is 1.52 bits per heavy atom. The molecule has 0 amide bonds. The molecule has 27 heavy (non-hydrogen) atoms. The Hall–Kier alpha value is -2.24. The van der Waals surface area contributed by atoms with Gasteiger partial charge in [-0.25, -0.2) is 0 Å². The predicted molar refractivity (Wildman–Crippen MR) is 96.2 cm³/mol. The van der Waals surface area contributed by atoms with E-state index in [1.807, 2.05) is 0 Å². The van der Waals surface area contributed by atoms with Gasteiger partial charge < -0.3 is 0 Å². The number of alkyl halides is 6. The third-order valence-corrected chi connectivity index (χ3v) is 3.80. The van der Waals surface area contributed by atoms with E-state index in [1.54, 1.807) is 30.3 Å². The molecule has 1 rings (SSSR count). The molecule has 0 aliphatic rings. The molecule has 0 heterocycles. The van der Waals surface area contributed by atoms with Crippen molar-refractivity contribution < 1.29 is 26.3 Å². The van der Waals surface area contributed by atoms with Gasteiger partial charge in [-0.2, -0.15) is 26.3 Å². The van der Waals surface area contributed by atoms with E-state index in [2.05, 4.69) is 13.2 Å². The van der Waals surface area contributed by atoms with Crippen LogP contribution in [0.1, 0.15) is 25.8 Å². The lowest BCUT2D eigenvalue weighted by molar-refractivity contribution is -0.105. The maximum absolute atomic E-state index is 13.4. The first-order valence-corrected chi connectivity index (χ1v) is 8.24. The van der Waals surface area contributed by atoms with E-state index >= 15 is 0 Å². The Bertz CT molecular complexity index is 717. The van der Waals surface area contributed by atoms with E-state index in [-0.39, 0.29) is 17.6 Å². The topological polar surface area (TPSA) is 0 Å². The van der Waals surface area contributed by atoms with Crippen molar-refractivity contribution >= 4 is 0 Å². The summed E-state index contributed by atoms with van der Waals surface area (Å²) in [6.45, 7) is 9.50. The molecule has 0 fully saturated rings. The van der Waals surface area contributed by atoms with Crippen molar-refractivity contribution in [2.24, 2.45) is 5.92 Å². The van der Waals surface area contributed by atoms with Gasteiger partial charge in [0, 0.05) is 11.1 Å². The molecular weight excluding hydrogens is 366 g/mol. The second-order valence-corrected chi connectivity index (χ2v) is 6.54. The number of allylic oxidation sites excluding steroid dienone is 6. The minimum Gasteiger partial charge on any atom is -0.166 e. The van der Waals surface area contributed by atoms with Gasteiger partial charge in [0.05, 0.1) is 0 Å². The molecule has 0 saturated heterocycles. The highest BCUT2D eigenvalue weighted by atomic mass is 19.4. The van der Waals surface area contributed by atoms with Crippen molar-refractivity contribution in [3.05, 3.63) is 83.5 Å². The molecule has 0 aliphatic carbocycles. The van der Waals surface area contributed by atoms with Crippen molar-refractivity contribution in [1.82, 2.24) is 0 Å².